The minimum atomic E-state index is 0.780. The van der Waals surface area contributed by atoms with Crippen molar-refractivity contribution < 1.29 is 0 Å². The molecule has 0 radical (unpaired) electrons. The highest BCUT2D eigenvalue weighted by Gasteiger charge is 2.21. The molecule has 1 aromatic carbocycles. The van der Waals surface area contributed by atoms with E-state index in [0.29, 0.717) is 0 Å². The smallest absolute Gasteiger partial charge is 0.160 e. The molecule has 0 N–H and O–H groups in total. The molecule has 0 saturated heterocycles. The molecular formula is C17H16N4. The fraction of sp³-hybridized carbons (Fsp3) is 0.235. The molecule has 21 heavy (non-hydrogen) atoms. The maximum atomic E-state index is 4.79. The highest BCUT2D eigenvalue weighted by atomic mass is 15.1. The van der Waals surface area contributed by atoms with Gasteiger partial charge in [-0.05, 0) is 20.3 Å². The maximum absolute atomic E-state index is 4.79. The lowest BCUT2D eigenvalue weighted by molar-refractivity contribution is 0.671. The number of imidazole rings is 1. The van der Waals surface area contributed by atoms with Crippen LogP contribution in [0.15, 0.2) is 36.7 Å². The molecule has 0 amide bonds. The Morgan fingerprint density at radius 2 is 1.86 bits per heavy atom. The molecule has 0 fully saturated rings. The van der Waals surface area contributed by atoms with Gasteiger partial charge in [-0.3, -0.25) is 0 Å². The third-order valence-corrected chi connectivity index (χ3v) is 4.05. The Labute approximate surface area is 123 Å². The van der Waals surface area contributed by atoms with Gasteiger partial charge in [0.25, 0.3) is 0 Å². The zero-order chi connectivity index (χ0) is 14.4. The van der Waals surface area contributed by atoms with E-state index in [2.05, 4.69) is 47.7 Å². The predicted octanol–water partition coefficient (Wildman–Crippen LogP) is 3.18. The fourth-order valence-electron chi connectivity index (χ4n) is 2.85. The van der Waals surface area contributed by atoms with E-state index in [-0.39, 0.29) is 0 Å². The van der Waals surface area contributed by atoms with Crippen LogP contribution in [0.2, 0.25) is 0 Å². The second-order valence-electron chi connectivity index (χ2n) is 5.52. The van der Waals surface area contributed by atoms with Crippen molar-refractivity contribution in [2.24, 2.45) is 0 Å². The number of rotatable bonds is 1. The first-order valence-electron chi connectivity index (χ1n) is 7.18. The van der Waals surface area contributed by atoms with Gasteiger partial charge in [0.05, 0.1) is 0 Å². The predicted molar refractivity (Wildman–Crippen MR) is 81.9 cm³/mol. The molecule has 3 aromatic rings. The van der Waals surface area contributed by atoms with Crippen LogP contribution < -0.4 is 0 Å². The van der Waals surface area contributed by atoms with Gasteiger partial charge >= 0.3 is 0 Å². The van der Waals surface area contributed by atoms with E-state index in [4.69, 9.17) is 9.97 Å². The highest BCUT2D eigenvalue weighted by Crippen LogP contribution is 2.30. The summed E-state index contributed by atoms with van der Waals surface area (Å²) in [5, 5.41) is 0. The standard InChI is InChI=1S/C17H16N4/c1-11-3-5-13(6-4-11)16-19-12(2)14-7-9-21-10-8-18-17(21)15(14)20-16/h3-6,8,10H,7,9H2,1-2H3. The number of benzene rings is 1. The van der Waals surface area contributed by atoms with Crippen molar-refractivity contribution in [2.75, 3.05) is 0 Å². The number of hydrogen-bond acceptors (Lipinski definition) is 3. The van der Waals surface area contributed by atoms with E-state index in [9.17, 15) is 0 Å². The monoisotopic (exact) mass is 276 g/mol. The van der Waals surface area contributed by atoms with Crippen LogP contribution in [0.3, 0.4) is 0 Å². The molecule has 1 aliphatic rings. The van der Waals surface area contributed by atoms with E-state index >= 15 is 0 Å². The largest absolute Gasteiger partial charge is 0.329 e. The third-order valence-electron chi connectivity index (χ3n) is 4.05. The van der Waals surface area contributed by atoms with Crippen molar-refractivity contribution in [3.05, 3.63) is 53.5 Å². The summed E-state index contributed by atoms with van der Waals surface area (Å²) in [5.74, 6) is 1.73. The summed E-state index contributed by atoms with van der Waals surface area (Å²) in [5.41, 5.74) is 5.56. The van der Waals surface area contributed by atoms with Crippen molar-refractivity contribution in [1.82, 2.24) is 19.5 Å². The number of fused-ring (bicyclic) bond motifs is 3. The van der Waals surface area contributed by atoms with Gasteiger partial charge in [-0.25, -0.2) is 15.0 Å². The first-order valence-corrected chi connectivity index (χ1v) is 7.18. The SMILES string of the molecule is Cc1ccc(-c2nc(C)c3c(n2)-c2nccn2CC3)cc1. The molecule has 0 aliphatic carbocycles. The first kappa shape index (κ1) is 12.3. The van der Waals surface area contributed by atoms with Crippen molar-refractivity contribution in [3.63, 3.8) is 0 Å². The fourth-order valence-corrected chi connectivity index (χ4v) is 2.85. The van der Waals surface area contributed by atoms with Gasteiger partial charge in [0.15, 0.2) is 11.6 Å². The van der Waals surface area contributed by atoms with Crippen LogP contribution in [-0.4, -0.2) is 19.5 Å². The Bertz CT molecular complexity index is 815. The molecule has 1 aliphatic heterocycles. The summed E-state index contributed by atoms with van der Waals surface area (Å²) in [4.78, 5) is 13.9. The Hall–Kier alpha value is -2.49. The molecule has 4 heteroatoms. The number of aryl methyl sites for hydroxylation is 3. The highest BCUT2D eigenvalue weighted by molar-refractivity contribution is 5.64. The van der Waals surface area contributed by atoms with Gasteiger partial charge in [-0.15, -0.1) is 0 Å². The zero-order valence-corrected chi connectivity index (χ0v) is 12.2. The molecule has 2 aromatic heterocycles. The van der Waals surface area contributed by atoms with Gasteiger partial charge in [-0.1, -0.05) is 29.8 Å². The molecule has 104 valence electrons. The van der Waals surface area contributed by atoms with Crippen LogP contribution in [-0.2, 0) is 13.0 Å². The molecule has 4 rings (SSSR count). The van der Waals surface area contributed by atoms with E-state index in [1.54, 1.807) is 0 Å². The minimum absolute atomic E-state index is 0.780. The lowest BCUT2D eigenvalue weighted by Gasteiger charge is -2.19. The summed E-state index contributed by atoms with van der Waals surface area (Å²) < 4.78 is 2.16. The summed E-state index contributed by atoms with van der Waals surface area (Å²) >= 11 is 0. The van der Waals surface area contributed by atoms with Crippen molar-refractivity contribution >= 4 is 0 Å². The van der Waals surface area contributed by atoms with Crippen LogP contribution in [0.25, 0.3) is 22.9 Å². The molecule has 0 saturated carbocycles. The topological polar surface area (TPSA) is 43.6 Å². The Morgan fingerprint density at radius 3 is 2.67 bits per heavy atom. The molecule has 4 nitrogen and oxygen atoms in total. The molecule has 0 spiro atoms. The van der Waals surface area contributed by atoms with E-state index in [1.807, 2.05) is 12.4 Å². The van der Waals surface area contributed by atoms with Crippen LogP contribution in [0.4, 0.5) is 0 Å². The summed E-state index contributed by atoms with van der Waals surface area (Å²) in [6, 6.07) is 8.33. The third kappa shape index (κ3) is 1.95. The maximum Gasteiger partial charge on any atom is 0.160 e. The second kappa shape index (κ2) is 4.52. The van der Waals surface area contributed by atoms with Gasteiger partial charge in [0, 0.05) is 35.8 Å². The van der Waals surface area contributed by atoms with Gasteiger partial charge < -0.3 is 4.57 Å². The van der Waals surface area contributed by atoms with Crippen molar-refractivity contribution in [3.8, 4) is 22.9 Å². The van der Waals surface area contributed by atoms with Gasteiger partial charge in [-0.2, -0.15) is 0 Å². The Kier molecular flexibility index (Phi) is 2.64. The van der Waals surface area contributed by atoms with Crippen LogP contribution in [0, 0.1) is 13.8 Å². The summed E-state index contributed by atoms with van der Waals surface area (Å²) in [7, 11) is 0. The van der Waals surface area contributed by atoms with E-state index in [0.717, 1.165) is 41.6 Å². The number of nitrogens with zero attached hydrogens (tertiary/aromatic N) is 4. The molecule has 0 atom stereocenters. The van der Waals surface area contributed by atoms with Crippen LogP contribution in [0.5, 0.6) is 0 Å². The number of aromatic nitrogens is 4. The molecular weight excluding hydrogens is 260 g/mol. The average molecular weight is 276 g/mol. The van der Waals surface area contributed by atoms with Crippen molar-refractivity contribution in [2.45, 2.75) is 26.8 Å². The van der Waals surface area contributed by atoms with E-state index < -0.39 is 0 Å². The van der Waals surface area contributed by atoms with Crippen LogP contribution in [0.1, 0.15) is 16.8 Å². The summed E-state index contributed by atoms with van der Waals surface area (Å²) in [6.45, 7) is 5.10. The molecule has 0 bridgehead atoms. The minimum Gasteiger partial charge on any atom is -0.329 e. The Morgan fingerprint density at radius 1 is 1.05 bits per heavy atom. The normalized spacial score (nSPS) is 12.9. The van der Waals surface area contributed by atoms with Crippen molar-refractivity contribution in [1.29, 1.82) is 0 Å². The Balaban J connectivity index is 1.91. The summed E-state index contributed by atoms with van der Waals surface area (Å²) in [6.07, 6.45) is 4.83. The van der Waals surface area contributed by atoms with E-state index in [1.165, 1.54) is 11.1 Å². The quantitative estimate of drug-likeness (QED) is 0.685. The average Bonchev–Trinajstić information content (AvgIpc) is 2.96. The molecule has 0 unspecified atom stereocenters. The number of hydrogen-bond donors (Lipinski definition) is 0. The van der Waals surface area contributed by atoms with Crippen LogP contribution >= 0.6 is 0 Å². The zero-order valence-electron chi connectivity index (χ0n) is 12.2. The van der Waals surface area contributed by atoms with Gasteiger partial charge in [0.1, 0.15) is 5.69 Å². The molecule has 3 heterocycles. The lowest BCUT2D eigenvalue weighted by atomic mass is 10.0. The second-order valence-corrected chi connectivity index (χ2v) is 5.52. The first-order chi connectivity index (χ1) is 10.2. The van der Waals surface area contributed by atoms with Gasteiger partial charge in [0.2, 0.25) is 0 Å². The lowest BCUT2D eigenvalue weighted by Crippen LogP contribution is -2.14.